The lowest BCUT2D eigenvalue weighted by Gasteiger charge is -2.34. The topological polar surface area (TPSA) is 61.4 Å². The van der Waals surface area contributed by atoms with Crippen LogP contribution >= 0.6 is 24.0 Å². The minimum absolute atomic E-state index is 0. The van der Waals surface area contributed by atoms with Gasteiger partial charge in [-0.3, -0.25) is 9.59 Å². The summed E-state index contributed by atoms with van der Waals surface area (Å²) in [6, 6.07) is 7.07. The van der Waals surface area contributed by atoms with E-state index in [1.165, 1.54) is 6.42 Å². The number of halogens is 2. The largest absolute Gasteiger partial charge is 0.351 e. The van der Waals surface area contributed by atoms with Crippen LogP contribution in [0.1, 0.15) is 55.3 Å². The molecule has 4 rings (SSSR count). The molecule has 0 spiro atoms. The first-order valence-electron chi connectivity index (χ1n) is 10.2. The summed E-state index contributed by atoms with van der Waals surface area (Å²) in [5.74, 6) is 0.434. The van der Waals surface area contributed by atoms with Gasteiger partial charge in [0.05, 0.1) is 0 Å². The molecule has 2 aliphatic heterocycles. The first kappa shape index (κ1) is 21.4. The molecule has 2 amide bonds. The molecule has 1 saturated carbocycles. The highest BCUT2D eigenvalue weighted by Crippen LogP contribution is 2.40. The minimum Gasteiger partial charge on any atom is -0.351 e. The van der Waals surface area contributed by atoms with E-state index in [0.717, 1.165) is 51.6 Å². The smallest absolute Gasteiger partial charge is 0.254 e. The van der Waals surface area contributed by atoms with Crippen molar-refractivity contribution in [2.24, 2.45) is 5.92 Å². The molecular formula is C21H29Cl2N3O2. The Balaban J connectivity index is 0.00000225. The van der Waals surface area contributed by atoms with E-state index >= 15 is 0 Å². The highest BCUT2D eigenvalue weighted by molar-refractivity contribution is 6.30. The van der Waals surface area contributed by atoms with Crippen LogP contribution in [0.3, 0.4) is 0 Å². The van der Waals surface area contributed by atoms with E-state index in [-0.39, 0.29) is 42.3 Å². The number of carbonyl (C=O) groups excluding carboxylic acids is 2. The summed E-state index contributed by atoms with van der Waals surface area (Å²) < 4.78 is 0. The van der Waals surface area contributed by atoms with Gasteiger partial charge in [0, 0.05) is 22.7 Å². The van der Waals surface area contributed by atoms with Crippen LogP contribution in [-0.4, -0.2) is 47.9 Å². The van der Waals surface area contributed by atoms with Crippen LogP contribution in [-0.2, 0) is 4.79 Å². The highest BCUT2D eigenvalue weighted by Gasteiger charge is 2.47. The standard InChI is InChI=1S/C21H28ClN3O2.ClH/c22-16-7-5-14(6-8-16)21(27)25-18-4-2-1-3-15(18)13-19(25)20(26)24-17-9-11-23-12-10-17;/h5-8,15,17-19,23H,1-4,9-13H2,(H,24,26);1H. The first-order chi connectivity index (χ1) is 13.1. The zero-order valence-electron chi connectivity index (χ0n) is 16.0. The molecule has 3 fully saturated rings. The Morgan fingerprint density at radius 2 is 1.71 bits per heavy atom. The second kappa shape index (κ2) is 9.47. The minimum atomic E-state index is -0.351. The molecule has 3 unspecified atom stereocenters. The second-order valence-electron chi connectivity index (χ2n) is 8.12. The summed E-state index contributed by atoms with van der Waals surface area (Å²) in [6.07, 6.45) is 7.15. The molecule has 0 radical (unpaired) electrons. The maximum atomic E-state index is 13.3. The Hall–Kier alpha value is -1.30. The van der Waals surface area contributed by atoms with E-state index in [2.05, 4.69) is 10.6 Å². The molecule has 1 aliphatic carbocycles. The molecule has 2 saturated heterocycles. The number of likely N-dealkylation sites (tertiary alicyclic amines) is 1. The predicted octanol–water partition coefficient (Wildman–Crippen LogP) is 3.40. The third-order valence-electron chi connectivity index (χ3n) is 6.40. The van der Waals surface area contributed by atoms with Crippen LogP contribution in [0.5, 0.6) is 0 Å². The van der Waals surface area contributed by atoms with Crippen LogP contribution < -0.4 is 10.6 Å². The number of nitrogens with one attached hydrogen (secondary N) is 2. The molecule has 2 N–H and O–H groups in total. The van der Waals surface area contributed by atoms with Gasteiger partial charge >= 0.3 is 0 Å². The molecule has 5 nitrogen and oxygen atoms in total. The van der Waals surface area contributed by atoms with E-state index in [0.29, 0.717) is 16.5 Å². The summed E-state index contributed by atoms with van der Waals surface area (Å²) in [6.45, 7) is 1.88. The van der Waals surface area contributed by atoms with Gasteiger partial charge in [-0.1, -0.05) is 24.4 Å². The summed E-state index contributed by atoms with van der Waals surface area (Å²) >= 11 is 5.98. The molecule has 154 valence electrons. The number of piperidine rings is 1. The van der Waals surface area contributed by atoms with Crippen LogP contribution in [0.25, 0.3) is 0 Å². The van der Waals surface area contributed by atoms with Crippen molar-refractivity contribution in [1.29, 1.82) is 0 Å². The molecule has 0 bridgehead atoms. The zero-order chi connectivity index (χ0) is 18.8. The lowest BCUT2D eigenvalue weighted by molar-refractivity contribution is -0.126. The predicted molar refractivity (Wildman–Crippen MR) is 113 cm³/mol. The molecule has 1 aromatic rings. The molecule has 1 aromatic carbocycles. The van der Waals surface area contributed by atoms with Crippen molar-refractivity contribution in [3.63, 3.8) is 0 Å². The Morgan fingerprint density at radius 3 is 2.43 bits per heavy atom. The Kier molecular flexibility index (Phi) is 7.24. The van der Waals surface area contributed by atoms with Crippen LogP contribution in [0.4, 0.5) is 0 Å². The first-order valence-corrected chi connectivity index (χ1v) is 10.6. The number of nitrogens with zero attached hydrogens (tertiary/aromatic N) is 1. The third-order valence-corrected chi connectivity index (χ3v) is 6.65. The number of fused-ring (bicyclic) bond motifs is 1. The summed E-state index contributed by atoms with van der Waals surface area (Å²) in [5.41, 5.74) is 0.616. The van der Waals surface area contributed by atoms with Gasteiger partial charge in [-0.2, -0.15) is 0 Å². The molecule has 3 aliphatic rings. The van der Waals surface area contributed by atoms with Gasteiger partial charge in [0.15, 0.2) is 0 Å². The second-order valence-corrected chi connectivity index (χ2v) is 8.55. The number of carbonyl (C=O) groups is 2. The van der Waals surface area contributed by atoms with Gasteiger partial charge in [-0.15, -0.1) is 12.4 Å². The van der Waals surface area contributed by atoms with Gasteiger partial charge in [0.2, 0.25) is 5.91 Å². The number of hydrogen-bond acceptors (Lipinski definition) is 3. The quantitative estimate of drug-likeness (QED) is 0.779. The lowest BCUT2D eigenvalue weighted by Crippen LogP contribution is -2.52. The summed E-state index contributed by atoms with van der Waals surface area (Å²) in [7, 11) is 0. The van der Waals surface area contributed by atoms with Crippen molar-refractivity contribution in [3.8, 4) is 0 Å². The normalized spacial score (nSPS) is 27.6. The molecule has 3 atom stereocenters. The Labute approximate surface area is 178 Å². The SMILES string of the molecule is Cl.O=C(NC1CCNCC1)C1CC2CCCCC2N1C(=O)c1ccc(Cl)cc1. The van der Waals surface area contributed by atoms with E-state index < -0.39 is 0 Å². The van der Waals surface area contributed by atoms with Crippen LogP contribution in [0.2, 0.25) is 5.02 Å². The van der Waals surface area contributed by atoms with Crippen molar-refractivity contribution in [3.05, 3.63) is 34.9 Å². The molecule has 0 aromatic heterocycles. The van der Waals surface area contributed by atoms with Gasteiger partial charge in [0.25, 0.3) is 5.91 Å². The molecule has 28 heavy (non-hydrogen) atoms. The number of rotatable bonds is 3. The fourth-order valence-electron chi connectivity index (χ4n) is 4.99. The summed E-state index contributed by atoms with van der Waals surface area (Å²) in [5, 5.41) is 7.16. The number of benzene rings is 1. The van der Waals surface area contributed by atoms with Gasteiger partial charge in [-0.25, -0.2) is 0 Å². The third kappa shape index (κ3) is 4.47. The van der Waals surface area contributed by atoms with E-state index in [9.17, 15) is 9.59 Å². The Bertz CT molecular complexity index is 691. The average Bonchev–Trinajstić information content (AvgIpc) is 3.08. The summed E-state index contributed by atoms with van der Waals surface area (Å²) in [4.78, 5) is 28.3. The fourth-order valence-corrected chi connectivity index (χ4v) is 5.12. The average molecular weight is 426 g/mol. The van der Waals surface area contributed by atoms with E-state index in [4.69, 9.17) is 11.6 Å². The van der Waals surface area contributed by atoms with Crippen LogP contribution in [0, 0.1) is 5.92 Å². The zero-order valence-corrected chi connectivity index (χ0v) is 17.6. The molecule has 2 heterocycles. The van der Waals surface area contributed by atoms with Crippen molar-refractivity contribution < 1.29 is 9.59 Å². The van der Waals surface area contributed by atoms with Crippen molar-refractivity contribution in [1.82, 2.24) is 15.5 Å². The lowest BCUT2D eigenvalue weighted by atomic mass is 9.84. The van der Waals surface area contributed by atoms with Crippen molar-refractivity contribution in [2.45, 2.75) is 63.1 Å². The molecule has 7 heteroatoms. The van der Waals surface area contributed by atoms with Crippen molar-refractivity contribution in [2.75, 3.05) is 13.1 Å². The van der Waals surface area contributed by atoms with Gasteiger partial charge < -0.3 is 15.5 Å². The monoisotopic (exact) mass is 425 g/mol. The highest BCUT2D eigenvalue weighted by atomic mass is 35.5. The number of hydrogen-bond donors (Lipinski definition) is 2. The van der Waals surface area contributed by atoms with E-state index in [1.54, 1.807) is 24.3 Å². The van der Waals surface area contributed by atoms with Gasteiger partial charge in [-0.05, 0) is 75.4 Å². The maximum absolute atomic E-state index is 13.3. The van der Waals surface area contributed by atoms with E-state index in [1.807, 2.05) is 4.90 Å². The van der Waals surface area contributed by atoms with Crippen LogP contribution in [0.15, 0.2) is 24.3 Å². The maximum Gasteiger partial charge on any atom is 0.254 e. The molecular weight excluding hydrogens is 397 g/mol. The van der Waals surface area contributed by atoms with Crippen molar-refractivity contribution >= 4 is 35.8 Å². The number of amides is 2. The fraction of sp³-hybridized carbons (Fsp3) is 0.619. The Morgan fingerprint density at radius 1 is 1.04 bits per heavy atom. The van der Waals surface area contributed by atoms with Gasteiger partial charge in [0.1, 0.15) is 6.04 Å².